The molecule has 30 heavy (non-hydrogen) atoms. The van der Waals surface area contributed by atoms with E-state index in [9.17, 15) is 14.4 Å². The largest absolute Gasteiger partial charge is 0.362 e. The maximum atomic E-state index is 12.6. The van der Waals surface area contributed by atoms with Crippen LogP contribution in [0.5, 0.6) is 0 Å². The number of carbonyl (C=O) groups excluding carboxylic acids is 1. The molecule has 0 amide bonds. The number of fused-ring (bicyclic) bond motifs is 1. The summed E-state index contributed by atoms with van der Waals surface area (Å²) >= 11 is 0. The lowest BCUT2D eigenvalue weighted by atomic mass is 10.2. The third-order valence-electron chi connectivity index (χ3n) is 4.67. The normalized spacial score (nSPS) is 11.1. The summed E-state index contributed by atoms with van der Waals surface area (Å²) in [6.07, 6.45) is 2.96. The summed E-state index contributed by atoms with van der Waals surface area (Å²) in [6.45, 7) is 4.24. The van der Waals surface area contributed by atoms with E-state index in [4.69, 9.17) is 4.52 Å². The van der Waals surface area contributed by atoms with E-state index in [1.807, 2.05) is 6.92 Å². The molecule has 4 aromatic rings. The predicted molar refractivity (Wildman–Crippen MR) is 109 cm³/mol. The molecule has 0 unspecified atom stereocenters. The SMILES string of the molecule is CCn1c(=O)c2[nH]c(-c3ccc(NCC(=O)c4ccno4)nc3)nc2n(CC)c1=O. The topological polar surface area (TPSA) is 141 Å². The van der Waals surface area contributed by atoms with E-state index in [0.29, 0.717) is 29.4 Å². The van der Waals surface area contributed by atoms with Gasteiger partial charge in [0.15, 0.2) is 5.65 Å². The Morgan fingerprint density at radius 2 is 1.97 bits per heavy atom. The standard InChI is InChI=1S/C19H19N7O4/c1-3-25-17-15(18(28)26(4-2)19(25)29)23-16(24-17)11-5-6-14(20-9-11)21-10-12(27)13-7-8-22-30-13/h5-9H,3-4,10H2,1-2H3,(H,20,21)(H,23,24). The minimum Gasteiger partial charge on any atom is -0.362 e. The second-order valence-corrected chi connectivity index (χ2v) is 6.45. The second-order valence-electron chi connectivity index (χ2n) is 6.45. The van der Waals surface area contributed by atoms with Gasteiger partial charge in [-0.2, -0.15) is 0 Å². The van der Waals surface area contributed by atoms with Crippen molar-refractivity contribution in [2.24, 2.45) is 0 Å². The zero-order valence-corrected chi connectivity index (χ0v) is 16.4. The number of hydrogen-bond donors (Lipinski definition) is 2. The fraction of sp³-hybridized carbons (Fsp3) is 0.263. The molecule has 4 aromatic heterocycles. The van der Waals surface area contributed by atoms with Crippen LogP contribution in [0.1, 0.15) is 24.4 Å². The average Bonchev–Trinajstić information content (AvgIpc) is 3.44. The van der Waals surface area contributed by atoms with Crippen LogP contribution in [0, 0.1) is 0 Å². The molecule has 0 aliphatic rings. The van der Waals surface area contributed by atoms with Crippen LogP contribution < -0.4 is 16.6 Å². The van der Waals surface area contributed by atoms with Gasteiger partial charge in [-0.3, -0.25) is 18.7 Å². The number of pyridine rings is 1. The maximum absolute atomic E-state index is 12.6. The summed E-state index contributed by atoms with van der Waals surface area (Å²) in [5.41, 5.74) is 0.429. The number of rotatable bonds is 7. The molecule has 4 rings (SSSR count). The molecule has 0 radical (unpaired) electrons. The van der Waals surface area contributed by atoms with Gasteiger partial charge in [0.25, 0.3) is 5.56 Å². The molecule has 0 aromatic carbocycles. The number of ketones is 1. The van der Waals surface area contributed by atoms with Crippen molar-refractivity contribution >= 4 is 22.8 Å². The Bertz CT molecular complexity index is 1310. The van der Waals surface area contributed by atoms with Crippen LogP contribution in [-0.4, -0.2) is 41.6 Å². The van der Waals surface area contributed by atoms with E-state index >= 15 is 0 Å². The lowest BCUT2D eigenvalue weighted by Crippen LogP contribution is -2.39. The van der Waals surface area contributed by atoms with Crippen LogP contribution in [0.2, 0.25) is 0 Å². The molecule has 0 fully saturated rings. The van der Waals surface area contributed by atoms with Crippen molar-refractivity contribution in [3.8, 4) is 11.4 Å². The Kier molecular flexibility index (Phi) is 5.00. The lowest BCUT2D eigenvalue weighted by Gasteiger charge is -2.06. The highest BCUT2D eigenvalue weighted by atomic mass is 16.5. The number of Topliss-reactive ketones (excluding diaryl/α,β-unsaturated/α-hetero) is 1. The summed E-state index contributed by atoms with van der Waals surface area (Å²) in [4.78, 5) is 48.8. The van der Waals surface area contributed by atoms with E-state index < -0.39 is 5.56 Å². The first-order valence-electron chi connectivity index (χ1n) is 9.41. The highest BCUT2D eigenvalue weighted by Gasteiger charge is 2.17. The van der Waals surface area contributed by atoms with Gasteiger partial charge in [0, 0.05) is 30.9 Å². The van der Waals surface area contributed by atoms with E-state index in [-0.39, 0.29) is 35.8 Å². The summed E-state index contributed by atoms with van der Waals surface area (Å²) in [7, 11) is 0. The van der Waals surface area contributed by atoms with Crippen molar-refractivity contribution in [3.63, 3.8) is 0 Å². The van der Waals surface area contributed by atoms with Crippen LogP contribution >= 0.6 is 0 Å². The third kappa shape index (κ3) is 3.30. The van der Waals surface area contributed by atoms with Crippen molar-refractivity contribution in [3.05, 3.63) is 57.2 Å². The molecule has 2 N–H and O–H groups in total. The summed E-state index contributed by atoms with van der Waals surface area (Å²) in [5.74, 6) is 0.831. The number of aryl methyl sites for hydroxylation is 1. The number of anilines is 1. The first kappa shape index (κ1) is 19.3. The number of aromatic nitrogens is 6. The molecule has 0 aliphatic carbocycles. The maximum Gasteiger partial charge on any atom is 0.332 e. The van der Waals surface area contributed by atoms with Crippen molar-refractivity contribution in [2.45, 2.75) is 26.9 Å². The summed E-state index contributed by atoms with van der Waals surface area (Å²) < 4.78 is 7.45. The van der Waals surface area contributed by atoms with E-state index in [1.165, 1.54) is 21.4 Å². The van der Waals surface area contributed by atoms with Crippen LogP contribution in [0.4, 0.5) is 5.82 Å². The average molecular weight is 409 g/mol. The smallest absolute Gasteiger partial charge is 0.332 e. The first-order valence-corrected chi connectivity index (χ1v) is 9.41. The molecule has 0 saturated heterocycles. The molecule has 0 spiro atoms. The van der Waals surface area contributed by atoms with Crippen LogP contribution in [0.15, 0.2) is 44.7 Å². The monoisotopic (exact) mass is 409 g/mol. The fourth-order valence-electron chi connectivity index (χ4n) is 3.12. The Hall–Kier alpha value is -4.02. The summed E-state index contributed by atoms with van der Waals surface area (Å²) in [5, 5.41) is 6.41. The minimum absolute atomic E-state index is 0.00547. The van der Waals surface area contributed by atoms with Crippen LogP contribution in [0.3, 0.4) is 0 Å². The Morgan fingerprint density at radius 1 is 1.17 bits per heavy atom. The molecule has 0 bridgehead atoms. The highest BCUT2D eigenvalue weighted by Crippen LogP contribution is 2.19. The first-order chi connectivity index (χ1) is 14.5. The van der Waals surface area contributed by atoms with Gasteiger partial charge >= 0.3 is 5.69 Å². The molecule has 0 atom stereocenters. The number of H-pyrrole nitrogens is 1. The number of imidazole rings is 1. The Balaban J connectivity index is 1.61. The van der Waals surface area contributed by atoms with Gasteiger partial charge in [0.2, 0.25) is 11.5 Å². The number of hydrogen-bond acceptors (Lipinski definition) is 8. The van der Waals surface area contributed by atoms with Gasteiger partial charge < -0.3 is 14.8 Å². The van der Waals surface area contributed by atoms with Gasteiger partial charge in [-0.05, 0) is 26.0 Å². The minimum atomic E-state index is -0.405. The highest BCUT2D eigenvalue weighted by molar-refractivity contribution is 5.96. The molecule has 154 valence electrons. The van der Waals surface area contributed by atoms with Gasteiger partial charge in [0.05, 0.1) is 12.7 Å². The quantitative estimate of drug-likeness (QED) is 0.435. The number of carbonyl (C=O) groups is 1. The van der Waals surface area contributed by atoms with Crippen molar-refractivity contribution in [1.82, 2.24) is 29.2 Å². The summed E-state index contributed by atoms with van der Waals surface area (Å²) in [6, 6.07) is 4.93. The molecule has 11 nitrogen and oxygen atoms in total. The third-order valence-corrected chi connectivity index (χ3v) is 4.67. The van der Waals surface area contributed by atoms with Crippen molar-refractivity contribution < 1.29 is 9.32 Å². The van der Waals surface area contributed by atoms with E-state index in [1.54, 1.807) is 25.3 Å². The van der Waals surface area contributed by atoms with Gasteiger partial charge in [-0.25, -0.2) is 14.8 Å². The molecular formula is C19H19N7O4. The van der Waals surface area contributed by atoms with Gasteiger partial charge in [0.1, 0.15) is 17.2 Å². The number of nitrogens with one attached hydrogen (secondary N) is 2. The lowest BCUT2D eigenvalue weighted by molar-refractivity contribution is 0.0971. The zero-order chi connectivity index (χ0) is 21.3. The van der Waals surface area contributed by atoms with E-state index in [2.05, 4.69) is 25.4 Å². The molecule has 0 saturated carbocycles. The van der Waals surface area contributed by atoms with E-state index in [0.717, 1.165) is 0 Å². The van der Waals surface area contributed by atoms with Crippen LogP contribution in [0.25, 0.3) is 22.6 Å². The second kappa shape index (κ2) is 7.78. The molecular weight excluding hydrogens is 390 g/mol. The zero-order valence-electron chi connectivity index (χ0n) is 16.4. The van der Waals surface area contributed by atoms with Gasteiger partial charge in [-0.15, -0.1) is 0 Å². The molecule has 11 heteroatoms. The predicted octanol–water partition coefficient (Wildman–Crippen LogP) is 1.27. The van der Waals surface area contributed by atoms with Gasteiger partial charge in [-0.1, -0.05) is 5.16 Å². The Labute approximate surface area is 169 Å². The Morgan fingerprint density at radius 3 is 2.60 bits per heavy atom. The molecule has 0 aliphatic heterocycles. The van der Waals surface area contributed by atoms with Crippen molar-refractivity contribution in [2.75, 3.05) is 11.9 Å². The number of aromatic amines is 1. The van der Waals surface area contributed by atoms with Crippen LogP contribution in [-0.2, 0) is 13.1 Å². The molecule has 4 heterocycles. The number of nitrogens with zero attached hydrogens (tertiary/aromatic N) is 5. The fourth-order valence-corrected chi connectivity index (χ4v) is 3.12. The van der Waals surface area contributed by atoms with Crippen molar-refractivity contribution in [1.29, 1.82) is 0 Å².